The monoisotopic (exact) mass is 389 g/mol. The van der Waals surface area contributed by atoms with Crippen molar-refractivity contribution in [3.63, 3.8) is 0 Å². The summed E-state index contributed by atoms with van der Waals surface area (Å²) < 4.78 is 10.0. The van der Waals surface area contributed by atoms with Crippen molar-refractivity contribution in [1.29, 1.82) is 0 Å². The Morgan fingerprint density at radius 2 is 2.00 bits per heavy atom. The van der Waals surface area contributed by atoms with Crippen molar-refractivity contribution in [2.24, 2.45) is 4.99 Å². The van der Waals surface area contributed by atoms with Crippen LogP contribution in [0.4, 0.5) is 0 Å². The van der Waals surface area contributed by atoms with Gasteiger partial charge < -0.3 is 20.1 Å². The molecule has 0 fully saturated rings. The maximum atomic E-state index is 11.9. The van der Waals surface area contributed by atoms with Crippen molar-refractivity contribution in [3.8, 4) is 5.75 Å². The van der Waals surface area contributed by atoms with Crippen molar-refractivity contribution < 1.29 is 14.3 Å². The van der Waals surface area contributed by atoms with Gasteiger partial charge in [-0.25, -0.2) is 4.79 Å². The van der Waals surface area contributed by atoms with Gasteiger partial charge in [0.2, 0.25) is 0 Å². The molecule has 0 spiro atoms. The van der Waals surface area contributed by atoms with Crippen molar-refractivity contribution in [2.45, 2.75) is 25.8 Å². The van der Waals surface area contributed by atoms with Gasteiger partial charge in [0.1, 0.15) is 11.3 Å². The number of nitrogens with zero attached hydrogens (tertiary/aromatic N) is 1. The van der Waals surface area contributed by atoms with E-state index in [4.69, 9.17) is 9.47 Å². The Morgan fingerprint density at radius 1 is 1.22 bits per heavy atom. The maximum absolute atomic E-state index is 11.9. The van der Waals surface area contributed by atoms with E-state index in [2.05, 4.69) is 47.0 Å². The van der Waals surface area contributed by atoms with E-state index in [1.54, 1.807) is 30.5 Å². The molecule has 0 unspecified atom stereocenters. The summed E-state index contributed by atoms with van der Waals surface area (Å²) >= 11 is 1.75. The number of esters is 1. The molecule has 7 heteroatoms. The fourth-order valence-electron chi connectivity index (χ4n) is 2.60. The molecular formula is C20H27N3O3S. The molecule has 0 aliphatic carbocycles. The van der Waals surface area contributed by atoms with E-state index in [9.17, 15) is 4.79 Å². The molecule has 0 radical (unpaired) electrons. The smallest absolute Gasteiger partial charge is 0.341 e. The van der Waals surface area contributed by atoms with Gasteiger partial charge in [0.25, 0.3) is 0 Å². The lowest BCUT2D eigenvalue weighted by atomic mass is 9.91. The zero-order chi connectivity index (χ0) is 19.9. The number of rotatable bonds is 7. The normalized spacial score (nSPS) is 11.8. The Labute approximate surface area is 164 Å². The van der Waals surface area contributed by atoms with E-state index in [0.29, 0.717) is 23.8 Å². The van der Waals surface area contributed by atoms with E-state index < -0.39 is 5.97 Å². The molecule has 1 aromatic carbocycles. The molecule has 0 amide bonds. The molecule has 0 saturated carbocycles. The number of methoxy groups -OCH3 is 2. The van der Waals surface area contributed by atoms with E-state index in [1.165, 1.54) is 19.1 Å². The fourth-order valence-corrected chi connectivity index (χ4v) is 3.45. The lowest BCUT2D eigenvalue weighted by molar-refractivity contribution is 0.0597. The van der Waals surface area contributed by atoms with Gasteiger partial charge in [0.05, 0.1) is 14.2 Å². The van der Waals surface area contributed by atoms with Crippen LogP contribution in [0.5, 0.6) is 5.75 Å². The first-order valence-electron chi connectivity index (χ1n) is 8.65. The molecule has 1 heterocycles. The van der Waals surface area contributed by atoms with Crippen molar-refractivity contribution >= 4 is 23.3 Å². The molecule has 0 bridgehead atoms. The zero-order valence-electron chi connectivity index (χ0n) is 16.5. The van der Waals surface area contributed by atoms with Crippen LogP contribution in [0.25, 0.3) is 0 Å². The van der Waals surface area contributed by atoms with Gasteiger partial charge in [-0.3, -0.25) is 4.99 Å². The van der Waals surface area contributed by atoms with Gasteiger partial charge in [-0.05, 0) is 29.1 Å². The molecule has 2 rings (SSSR count). The number of carbonyl (C=O) groups is 1. The highest BCUT2D eigenvalue weighted by Crippen LogP contribution is 2.26. The summed E-state index contributed by atoms with van der Waals surface area (Å²) in [6.45, 7) is 5.67. The Kier molecular flexibility index (Phi) is 7.24. The van der Waals surface area contributed by atoms with Crippen molar-refractivity contribution in [3.05, 3.63) is 51.7 Å². The highest BCUT2D eigenvalue weighted by Gasteiger charge is 2.22. The third-order valence-electron chi connectivity index (χ3n) is 4.24. The summed E-state index contributed by atoms with van der Waals surface area (Å²) in [5.41, 5.74) is 1.34. The van der Waals surface area contributed by atoms with E-state index in [1.807, 2.05) is 6.07 Å². The Hall–Kier alpha value is -2.54. The van der Waals surface area contributed by atoms with Crippen LogP contribution in [0.2, 0.25) is 0 Å². The third-order valence-corrected chi connectivity index (χ3v) is 5.47. The summed E-state index contributed by atoms with van der Waals surface area (Å²) in [5, 5.41) is 8.73. The van der Waals surface area contributed by atoms with Gasteiger partial charge >= 0.3 is 5.97 Å². The number of benzene rings is 1. The average molecular weight is 390 g/mol. The maximum Gasteiger partial charge on any atom is 0.341 e. The average Bonchev–Trinajstić information content (AvgIpc) is 3.23. The minimum absolute atomic E-state index is 0.00392. The van der Waals surface area contributed by atoms with Crippen LogP contribution in [-0.2, 0) is 16.7 Å². The van der Waals surface area contributed by atoms with Crippen molar-refractivity contribution in [1.82, 2.24) is 10.6 Å². The Balaban J connectivity index is 1.99. The van der Waals surface area contributed by atoms with E-state index >= 15 is 0 Å². The number of hydrogen-bond acceptors (Lipinski definition) is 5. The molecule has 146 valence electrons. The number of ether oxygens (including phenoxy) is 2. The first kappa shape index (κ1) is 20.8. The Bertz CT molecular complexity index is 786. The lowest BCUT2D eigenvalue weighted by Crippen LogP contribution is -2.42. The topological polar surface area (TPSA) is 72.0 Å². The number of guanidine groups is 1. The van der Waals surface area contributed by atoms with Gasteiger partial charge in [-0.15, -0.1) is 11.3 Å². The van der Waals surface area contributed by atoms with E-state index in [0.717, 1.165) is 12.1 Å². The molecule has 0 atom stereocenters. The Morgan fingerprint density at radius 3 is 2.59 bits per heavy atom. The number of thiophene rings is 1. The van der Waals surface area contributed by atoms with Gasteiger partial charge in [0, 0.05) is 30.4 Å². The van der Waals surface area contributed by atoms with Crippen LogP contribution < -0.4 is 15.4 Å². The summed E-state index contributed by atoms with van der Waals surface area (Å²) in [4.78, 5) is 17.5. The zero-order valence-corrected chi connectivity index (χ0v) is 17.3. The molecule has 0 saturated heterocycles. The standard InChI is InChI=1S/C20H27N3O3S/c1-20(2,17-7-6-10-27-17)13-23-19(21-3)22-12-14-8-9-16(25-4)15(11-14)18(24)26-5/h6-11H,12-13H2,1-5H3,(H2,21,22,23). The first-order chi connectivity index (χ1) is 12.9. The summed E-state index contributed by atoms with van der Waals surface area (Å²) in [5.74, 6) is 0.773. The fraction of sp³-hybridized carbons (Fsp3) is 0.400. The quantitative estimate of drug-likeness (QED) is 0.432. The van der Waals surface area contributed by atoms with Crippen molar-refractivity contribution in [2.75, 3.05) is 27.8 Å². The largest absolute Gasteiger partial charge is 0.496 e. The number of nitrogens with one attached hydrogen (secondary N) is 2. The minimum Gasteiger partial charge on any atom is -0.496 e. The minimum atomic E-state index is -0.422. The predicted molar refractivity (Wildman–Crippen MR) is 110 cm³/mol. The number of aliphatic imine (C=N–C) groups is 1. The molecule has 27 heavy (non-hydrogen) atoms. The van der Waals surface area contributed by atoms with Gasteiger partial charge in [0.15, 0.2) is 5.96 Å². The van der Waals surface area contributed by atoms with E-state index in [-0.39, 0.29) is 5.41 Å². The highest BCUT2D eigenvalue weighted by atomic mass is 32.1. The molecule has 6 nitrogen and oxygen atoms in total. The summed E-state index contributed by atoms with van der Waals surface area (Å²) in [7, 11) is 4.62. The third kappa shape index (κ3) is 5.47. The summed E-state index contributed by atoms with van der Waals surface area (Å²) in [6, 6.07) is 9.65. The lowest BCUT2D eigenvalue weighted by Gasteiger charge is -2.25. The number of hydrogen-bond donors (Lipinski definition) is 2. The predicted octanol–water partition coefficient (Wildman–Crippen LogP) is 3.19. The van der Waals surface area contributed by atoms with Gasteiger partial charge in [-0.2, -0.15) is 0 Å². The first-order valence-corrected chi connectivity index (χ1v) is 9.53. The molecule has 0 aliphatic rings. The van der Waals surface area contributed by atoms with Crippen LogP contribution >= 0.6 is 11.3 Å². The molecule has 2 N–H and O–H groups in total. The second kappa shape index (κ2) is 9.41. The second-order valence-electron chi connectivity index (χ2n) is 6.67. The molecule has 2 aromatic rings. The number of carbonyl (C=O) groups excluding carboxylic acids is 1. The van der Waals surface area contributed by atoms with Crippen LogP contribution in [0, 0.1) is 0 Å². The molecule has 0 aliphatic heterocycles. The highest BCUT2D eigenvalue weighted by molar-refractivity contribution is 7.10. The molecular weight excluding hydrogens is 362 g/mol. The van der Waals surface area contributed by atoms with Gasteiger partial charge in [-0.1, -0.05) is 26.0 Å². The van der Waals surface area contributed by atoms with Crippen LogP contribution in [0.3, 0.4) is 0 Å². The molecule has 1 aromatic heterocycles. The van der Waals surface area contributed by atoms with Crippen LogP contribution in [0.1, 0.15) is 34.6 Å². The van der Waals surface area contributed by atoms with Crippen LogP contribution in [-0.4, -0.2) is 39.7 Å². The second-order valence-corrected chi connectivity index (χ2v) is 7.61. The summed E-state index contributed by atoms with van der Waals surface area (Å²) in [6.07, 6.45) is 0. The van der Waals surface area contributed by atoms with Crippen LogP contribution in [0.15, 0.2) is 40.7 Å². The SMILES string of the molecule is CN=C(NCc1ccc(OC)c(C(=O)OC)c1)NCC(C)(C)c1cccs1.